The highest BCUT2D eigenvalue weighted by Crippen LogP contribution is 2.59. The average Bonchev–Trinajstić information content (AvgIpc) is 0.669. The Morgan fingerprint density at radius 1 is 0.331 bits per heavy atom. The van der Waals surface area contributed by atoms with Gasteiger partial charge in [0.15, 0.2) is 0 Å². The third-order valence-electron chi connectivity index (χ3n) is 20.0. The van der Waals surface area contributed by atoms with Gasteiger partial charge >= 0.3 is 48.6 Å². The first kappa shape index (κ1) is 91.4. The van der Waals surface area contributed by atoms with Crippen LogP contribution in [0.25, 0.3) is 43.1 Å². The lowest BCUT2D eigenvalue weighted by Crippen LogP contribution is -2.61. The molecule has 9 aromatic rings. The van der Waals surface area contributed by atoms with Gasteiger partial charge in [-0.25, -0.2) is 19.2 Å². The van der Waals surface area contributed by atoms with Crippen molar-refractivity contribution in [2.75, 3.05) is 26.4 Å². The van der Waals surface area contributed by atoms with E-state index in [-0.39, 0.29) is 140 Å². The maximum atomic E-state index is 16.3. The van der Waals surface area contributed by atoms with Crippen LogP contribution in [-0.4, -0.2) is 144 Å². The number of hydrogen-bond acceptors (Lipinski definition) is 18. The molecule has 0 fully saturated rings. The van der Waals surface area contributed by atoms with Crippen LogP contribution >= 0.6 is 0 Å². The molecular weight excluding hydrogens is 1650 g/mol. The summed E-state index contributed by atoms with van der Waals surface area (Å²) in [5.41, 5.74) is -0.232. The molecule has 2 heterocycles. The molecule has 2 unspecified atom stereocenters. The van der Waals surface area contributed by atoms with Gasteiger partial charge in [-0.05, 0) is 147 Å². The molecule has 22 nitrogen and oxygen atoms in total. The van der Waals surface area contributed by atoms with Crippen molar-refractivity contribution in [3.63, 3.8) is 0 Å². The molecule has 0 radical (unpaired) electrons. The van der Waals surface area contributed by atoms with E-state index in [2.05, 4.69) is 26.3 Å². The Morgan fingerprint density at radius 2 is 0.532 bits per heavy atom. The zero-order valence-electron chi connectivity index (χ0n) is 67.7. The van der Waals surface area contributed by atoms with Gasteiger partial charge < -0.3 is 48.5 Å². The Hall–Kier alpha value is -13.3. The van der Waals surface area contributed by atoms with Crippen molar-refractivity contribution in [1.29, 1.82) is 0 Å². The second-order valence-electron chi connectivity index (χ2n) is 30.6. The van der Waals surface area contributed by atoms with E-state index in [1.165, 1.54) is 152 Å². The quantitative estimate of drug-likeness (QED) is 0.00721. The summed E-state index contributed by atoms with van der Waals surface area (Å²) in [5, 5.41) is -0.703. The number of carbonyl (C=O) groups excluding carboxylic acids is 10. The highest BCUT2D eigenvalue weighted by Gasteiger charge is 2.60. The number of benzene rings is 9. The van der Waals surface area contributed by atoms with Gasteiger partial charge in [-0.3, -0.25) is 38.6 Å². The summed E-state index contributed by atoms with van der Waals surface area (Å²) in [4.78, 5) is 145. The number of amides is 6. The van der Waals surface area contributed by atoms with Crippen LogP contribution < -0.4 is 29.6 Å². The molecule has 9 aromatic carbocycles. The monoisotopic (exact) mass is 1730 g/mol. The van der Waals surface area contributed by atoms with Crippen molar-refractivity contribution in [2.24, 2.45) is 11.8 Å². The van der Waals surface area contributed by atoms with Crippen molar-refractivity contribution >= 4 is 102 Å². The zero-order valence-corrected chi connectivity index (χ0v) is 67.7. The van der Waals surface area contributed by atoms with Gasteiger partial charge in [0.1, 0.15) is 58.1 Å². The number of nitrogens with zero attached hydrogens (tertiary/aromatic N) is 2. The summed E-state index contributed by atoms with van der Waals surface area (Å²) in [6.45, 7) is 24.9. The Balaban J connectivity index is 1.31. The average molecular weight is 1730 g/mol. The summed E-state index contributed by atoms with van der Waals surface area (Å²) < 4.78 is 224. The molecular formula is C90H80F12N4O18. The minimum atomic E-state index is -6.21. The first-order chi connectivity index (χ1) is 58.1. The molecule has 34 heteroatoms. The largest absolute Gasteiger partial charge is 0.462 e. The first-order valence-corrected chi connectivity index (χ1v) is 38.5. The fourth-order valence-electron chi connectivity index (χ4n) is 14.1. The SMILES string of the molecule is C=C(C)C(=O)OCCc1ccc(Oc2cc3c4c(cc(Oc5ccc(CCOC(=O)C(=C)C)cc5)c5c6c(Oc7ccc(CCOC(=O)C(=C)C)cc7)cc7c8c(cc(Oc9ccc(CCOC(=O)C(=C)C)cc9)c(c2c45)c86)C(=O)N(C(CC(C)C)C(=O)NC(C(F)(F)F)C(F)(F)F)C7=O)C(=O)N(C(CC(C)C)C(=O)NC(C(F)(F)F)C(F)(F)F)C3=O)cc1. The Labute approximate surface area is 700 Å². The molecule has 11 rings (SSSR count). The highest BCUT2D eigenvalue weighted by atomic mass is 19.4. The molecule has 0 aromatic heterocycles. The standard InChI is InChI=1S/C90H80F12N4O18/c1-43(2)37-61(75(107)103-85(87(91,92)93)88(94,95)96)105-77(109)57-39-63(121-53-21-13-49(14-22-53)29-33-117-81(113)45(5)6)69-71-65(123-55-25-17-51(18-26-55)31-35-119-83(115)47(9)10)41-59-68-60(80(112)106(79(59)111)62(38-44(3)4)76(108)104-86(89(97,98)99)90(100,101)102)42-66(124-56-27-19-52(20-28-56)32-36-120-84(116)48(11)12)72(74(68)71)70-64(40-58(78(105)110)67(57)73(69)70)122-54-23-15-50(16-24-54)30-34-118-82(114)46(7)8/h13-28,39-44,61-62,85-86H,5,7,9,11,29-38H2,1-4,6,8,10,12H3,(H,103,107)(H,104,108). The van der Waals surface area contributed by atoms with Crippen molar-refractivity contribution < 1.29 is 139 Å². The number of ether oxygens (including phenoxy) is 8. The van der Waals surface area contributed by atoms with Crippen LogP contribution in [0.5, 0.6) is 46.0 Å². The molecule has 652 valence electrons. The molecule has 124 heavy (non-hydrogen) atoms. The second kappa shape index (κ2) is 36.4. The normalized spacial score (nSPS) is 13.6. The van der Waals surface area contributed by atoms with Crippen molar-refractivity contribution in [3.8, 4) is 46.0 Å². The Morgan fingerprint density at radius 3 is 0.710 bits per heavy atom. The van der Waals surface area contributed by atoms with Gasteiger partial charge in [0.2, 0.25) is 23.9 Å². The summed E-state index contributed by atoms with van der Waals surface area (Å²) >= 11 is 0. The van der Waals surface area contributed by atoms with E-state index < -0.39 is 189 Å². The van der Waals surface area contributed by atoms with Gasteiger partial charge in [-0.15, -0.1) is 0 Å². The lowest BCUT2D eigenvalue weighted by molar-refractivity contribution is -0.259. The predicted molar refractivity (Wildman–Crippen MR) is 427 cm³/mol. The fraction of sp³-hybridized carbons (Fsp3) is 0.311. The molecule has 2 aliphatic rings. The third kappa shape index (κ3) is 20.1. The molecule has 0 saturated heterocycles. The van der Waals surface area contributed by atoms with Gasteiger partial charge in [0.05, 0.1) is 48.7 Å². The van der Waals surface area contributed by atoms with E-state index in [4.69, 9.17) is 37.9 Å². The van der Waals surface area contributed by atoms with E-state index in [0.717, 1.165) is 34.9 Å². The van der Waals surface area contributed by atoms with Gasteiger partial charge in [-0.2, -0.15) is 52.7 Å². The third-order valence-corrected chi connectivity index (χ3v) is 20.0. The number of carbonyl (C=O) groups is 10. The lowest BCUT2D eigenvalue weighted by Gasteiger charge is -2.37. The van der Waals surface area contributed by atoms with E-state index in [1.54, 1.807) is 0 Å². The van der Waals surface area contributed by atoms with E-state index >= 15 is 19.2 Å². The molecule has 2 N–H and O–H groups in total. The van der Waals surface area contributed by atoms with E-state index in [9.17, 15) is 81.5 Å². The minimum Gasteiger partial charge on any atom is -0.462 e. The highest BCUT2D eigenvalue weighted by molar-refractivity contribution is 6.45. The predicted octanol–water partition coefficient (Wildman–Crippen LogP) is 18.8. The van der Waals surface area contributed by atoms with Crippen molar-refractivity contribution in [1.82, 2.24) is 20.4 Å². The van der Waals surface area contributed by atoms with Crippen LogP contribution in [-0.2, 0) is 73.4 Å². The van der Waals surface area contributed by atoms with E-state index in [0.29, 0.717) is 22.3 Å². The van der Waals surface area contributed by atoms with Gasteiger partial charge in [0, 0.05) is 91.1 Å². The second-order valence-corrected chi connectivity index (χ2v) is 30.6. The van der Waals surface area contributed by atoms with Crippen LogP contribution in [0.4, 0.5) is 52.7 Å². The summed E-state index contributed by atoms with van der Waals surface area (Å²) in [5.74, 6) is -17.6. The molecule has 2 aliphatic heterocycles. The number of imide groups is 2. The summed E-state index contributed by atoms with van der Waals surface area (Å²) in [6, 6.07) is 13.3. The Kier molecular flexibility index (Phi) is 26.8. The van der Waals surface area contributed by atoms with Crippen LogP contribution in [0.3, 0.4) is 0 Å². The number of halogens is 12. The van der Waals surface area contributed by atoms with Crippen LogP contribution in [0, 0.1) is 11.8 Å². The molecule has 0 spiro atoms. The van der Waals surface area contributed by atoms with Crippen molar-refractivity contribution in [2.45, 2.75) is 143 Å². The fourth-order valence-corrected chi connectivity index (χ4v) is 14.1. The first-order valence-electron chi connectivity index (χ1n) is 38.5. The lowest BCUT2D eigenvalue weighted by atomic mass is 9.80. The smallest absolute Gasteiger partial charge is 0.417 e. The van der Waals surface area contributed by atoms with E-state index in [1.807, 2.05) is 0 Å². The van der Waals surface area contributed by atoms with Crippen LogP contribution in [0.15, 0.2) is 170 Å². The number of rotatable bonds is 34. The van der Waals surface area contributed by atoms with Gasteiger partial charge in [-0.1, -0.05) is 103 Å². The molecule has 0 saturated carbocycles. The summed E-state index contributed by atoms with van der Waals surface area (Å²) in [7, 11) is 0. The maximum Gasteiger partial charge on any atom is 0.417 e. The molecule has 6 amide bonds. The minimum absolute atomic E-state index is 0.0812. The number of alkyl halides is 12. The zero-order chi connectivity index (χ0) is 90.8. The van der Waals surface area contributed by atoms with Gasteiger partial charge in [0.25, 0.3) is 23.6 Å². The summed E-state index contributed by atoms with van der Waals surface area (Å²) in [6.07, 6.45) is -26.1. The number of esters is 4. The van der Waals surface area contributed by atoms with Crippen molar-refractivity contribution in [3.05, 3.63) is 214 Å². The maximum absolute atomic E-state index is 16.3. The number of nitrogens with one attached hydrogen (secondary N) is 2. The molecule has 2 atom stereocenters. The molecule has 0 bridgehead atoms. The number of fused-ring (bicyclic) bond motifs is 2. The van der Waals surface area contributed by atoms with Crippen LogP contribution in [0.1, 0.15) is 132 Å². The molecule has 0 aliphatic carbocycles. The Bertz CT molecular complexity index is 5140. The van der Waals surface area contributed by atoms with Crippen LogP contribution in [0.2, 0.25) is 0 Å². The topological polar surface area (TPSA) is 275 Å². The number of hydrogen-bond donors (Lipinski definition) is 2.